The molecule has 2 rings (SSSR count). The van der Waals surface area contributed by atoms with E-state index in [-0.39, 0.29) is 0 Å². The van der Waals surface area contributed by atoms with Gasteiger partial charge in [0.05, 0.1) is 0 Å². The van der Waals surface area contributed by atoms with Crippen molar-refractivity contribution in [1.29, 1.82) is 0 Å². The lowest BCUT2D eigenvalue weighted by atomic mass is 9.95. The summed E-state index contributed by atoms with van der Waals surface area (Å²) in [6, 6.07) is 8.86. The Hall–Kier alpha value is -0.820. The number of hydrogen-bond acceptors (Lipinski definition) is 1. The van der Waals surface area contributed by atoms with Crippen LogP contribution in [0.1, 0.15) is 24.5 Å². The Kier molecular flexibility index (Phi) is 1.92. The van der Waals surface area contributed by atoms with E-state index in [1.54, 1.807) is 0 Å². The third kappa shape index (κ3) is 1.37. The van der Waals surface area contributed by atoms with Gasteiger partial charge in [0.15, 0.2) is 0 Å². The predicted molar refractivity (Wildman–Crippen MR) is 55.7 cm³/mol. The number of nitrogens with two attached hydrogens (primary N) is 1. The quantitative estimate of drug-likeness (QED) is 0.733. The highest BCUT2D eigenvalue weighted by Gasteiger charge is 2.49. The highest BCUT2D eigenvalue weighted by atomic mass is 14.7. The van der Waals surface area contributed by atoms with Crippen LogP contribution in [0.4, 0.5) is 0 Å². The Balaban J connectivity index is 2.23. The van der Waals surface area contributed by atoms with Gasteiger partial charge in [-0.1, -0.05) is 36.8 Å². The first-order valence-electron chi connectivity index (χ1n) is 4.94. The zero-order valence-corrected chi connectivity index (χ0v) is 8.38. The van der Waals surface area contributed by atoms with Crippen LogP contribution in [0, 0.1) is 12.8 Å². The Bertz CT molecular complexity index is 301. The predicted octanol–water partition coefficient (Wildman–Crippen LogP) is 2.23. The Labute approximate surface area is 80.0 Å². The number of rotatable bonds is 2. The fraction of sp³-hybridized carbons (Fsp3) is 0.500. The first-order valence-corrected chi connectivity index (χ1v) is 4.94. The van der Waals surface area contributed by atoms with Crippen molar-refractivity contribution in [3.8, 4) is 0 Å². The van der Waals surface area contributed by atoms with Crippen molar-refractivity contribution in [3.63, 3.8) is 0 Å². The van der Waals surface area contributed by atoms with Crippen molar-refractivity contribution in [2.75, 3.05) is 6.54 Å². The second-order valence-corrected chi connectivity index (χ2v) is 4.42. The van der Waals surface area contributed by atoms with E-state index in [1.165, 1.54) is 17.5 Å². The fourth-order valence-corrected chi connectivity index (χ4v) is 2.08. The summed E-state index contributed by atoms with van der Waals surface area (Å²) in [6.07, 6.45) is 1.26. The lowest BCUT2D eigenvalue weighted by Crippen LogP contribution is -2.11. The Morgan fingerprint density at radius 3 is 2.46 bits per heavy atom. The molecule has 0 saturated heterocycles. The molecular formula is C12H17N. The summed E-state index contributed by atoms with van der Waals surface area (Å²) in [5, 5.41) is 0. The maximum Gasteiger partial charge on any atom is -0.00313 e. The van der Waals surface area contributed by atoms with Crippen molar-refractivity contribution < 1.29 is 0 Å². The van der Waals surface area contributed by atoms with Crippen LogP contribution >= 0.6 is 0 Å². The maximum absolute atomic E-state index is 5.68. The minimum absolute atomic E-state index is 0.377. The summed E-state index contributed by atoms with van der Waals surface area (Å²) >= 11 is 0. The first kappa shape index (κ1) is 8.76. The van der Waals surface area contributed by atoms with Gasteiger partial charge in [-0.25, -0.2) is 0 Å². The molecule has 1 fully saturated rings. The molecule has 70 valence electrons. The van der Waals surface area contributed by atoms with Crippen molar-refractivity contribution in [2.45, 2.75) is 25.7 Å². The van der Waals surface area contributed by atoms with Gasteiger partial charge in [0.2, 0.25) is 0 Å². The van der Waals surface area contributed by atoms with Gasteiger partial charge in [0.1, 0.15) is 0 Å². The Morgan fingerprint density at radius 1 is 1.38 bits per heavy atom. The van der Waals surface area contributed by atoms with Gasteiger partial charge in [-0.05, 0) is 36.8 Å². The second kappa shape index (κ2) is 2.85. The standard InChI is InChI=1S/C12H17N/c1-9-3-5-10(6-4-9)12(2)7-11(12)8-13/h3-6,11H,7-8,13H2,1-2H3. The molecule has 1 aromatic rings. The summed E-state index contributed by atoms with van der Waals surface area (Å²) < 4.78 is 0. The van der Waals surface area contributed by atoms with E-state index in [2.05, 4.69) is 38.1 Å². The molecule has 0 bridgehead atoms. The summed E-state index contributed by atoms with van der Waals surface area (Å²) in [4.78, 5) is 0. The zero-order valence-electron chi connectivity index (χ0n) is 8.38. The van der Waals surface area contributed by atoms with Crippen LogP contribution in [0.2, 0.25) is 0 Å². The molecule has 0 radical (unpaired) electrons. The van der Waals surface area contributed by atoms with Crippen molar-refractivity contribution in [3.05, 3.63) is 35.4 Å². The number of aryl methyl sites for hydroxylation is 1. The van der Waals surface area contributed by atoms with E-state index in [0.29, 0.717) is 11.3 Å². The van der Waals surface area contributed by atoms with Crippen LogP contribution in [0.3, 0.4) is 0 Å². The van der Waals surface area contributed by atoms with Gasteiger partial charge >= 0.3 is 0 Å². The SMILES string of the molecule is Cc1ccc(C2(C)CC2CN)cc1. The molecule has 0 spiro atoms. The van der Waals surface area contributed by atoms with Gasteiger partial charge in [-0.3, -0.25) is 0 Å². The molecular weight excluding hydrogens is 158 g/mol. The number of hydrogen-bond donors (Lipinski definition) is 1. The van der Waals surface area contributed by atoms with Gasteiger partial charge in [-0.15, -0.1) is 0 Å². The van der Waals surface area contributed by atoms with E-state index < -0.39 is 0 Å². The average Bonchev–Trinajstić information content (AvgIpc) is 2.80. The fourth-order valence-electron chi connectivity index (χ4n) is 2.08. The molecule has 1 aliphatic rings. The third-order valence-electron chi connectivity index (χ3n) is 3.41. The molecule has 1 aliphatic carbocycles. The van der Waals surface area contributed by atoms with Crippen molar-refractivity contribution >= 4 is 0 Å². The van der Waals surface area contributed by atoms with Crippen molar-refractivity contribution in [1.82, 2.24) is 0 Å². The van der Waals surface area contributed by atoms with Gasteiger partial charge < -0.3 is 5.73 Å². The third-order valence-corrected chi connectivity index (χ3v) is 3.41. The molecule has 1 aromatic carbocycles. The van der Waals surface area contributed by atoms with E-state index in [1.807, 2.05) is 0 Å². The van der Waals surface area contributed by atoms with E-state index in [9.17, 15) is 0 Å². The Morgan fingerprint density at radius 2 is 2.00 bits per heavy atom. The van der Waals surface area contributed by atoms with Crippen LogP contribution in [0.15, 0.2) is 24.3 Å². The normalized spacial score (nSPS) is 31.8. The molecule has 0 aliphatic heterocycles. The van der Waals surface area contributed by atoms with E-state index >= 15 is 0 Å². The topological polar surface area (TPSA) is 26.0 Å². The van der Waals surface area contributed by atoms with Crippen LogP contribution < -0.4 is 5.73 Å². The highest BCUT2D eigenvalue weighted by molar-refractivity contribution is 5.34. The van der Waals surface area contributed by atoms with Crippen molar-refractivity contribution in [2.24, 2.45) is 11.7 Å². The van der Waals surface area contributed by atoms with Gasteiger partial charge in [0.25, 0.3) is 0 Å². The molecule has 1 saturated carbocycles. The van der Waals surface area contributed by atoms with Gasteiger partial charge in [-0.2, -0.15) is 0 Å². The minimum atomic E-state index is 0.377. The summed E-state index contributed by atoms with van der Waals surface area (Å²) in [5.74, 6) is 0.704. The minimum Gasteiger partial charge on any atom is -0.330 e. The molecule has 0 amide bonds. The van der Waals surface area contributed by atoms with E-state index in [4.69, 9.17) is 5.73 Å². The molecule has 0 heterocycles. The van der Waals surface area contributed by atoms with Crippen LogP contribution in [0.25, 0.3) is 0 Å². The molecule has 0 aromatic heterocycles. The highest BCUT2D eigenvalue weighted by Crippen LogP contribution is 2.53. The van der Waals surface area contributed by atoms with Crippen LogP contribution in [-0.2, 0) is 5.41 Å². The maximum atomic E-state index is 5.68. The lowest BCUT2D eigenvalue weighted by molar-refractivity contribution is 0.666. The van der Waals surface area contributed by atoms with Crippen LogP contribution in [-0.4, -0.2) is 6.54 Å². The smallest absolute Gasteiger partial charge is 0.00313 e. The molecule has 1 nitrogen and oxygen atoms in total. The van der Waals surface area contributed by atoms with Crippen LogP contribution in [0.5, 0.6) is 0 Å². The monoisotopic (exact) mass is 175 g/mol. The largest absolute Gasteiger partial charge is 0.330 e. The first-order chi connectivity index (χ1) is 6.16. The van der Waals surface area contributed by atoms with Gasteiger partial charge in [0, 0.05) is 0 Å². The average molecular weight is 175 g/mol. The molecule has 2 atom stereocenters. The molecule has 2 N–H and O–H groups in total. The number of benzene rings is 1. The molecule has 2 unspecified atom stereocenters. The summed E-state index contributed by atoms with van der Waals surface area (Å²) in [6.45, 7) is 5.26. The molecule has 1 heteroatoms. The summed E-state index contributed by atoms with van der Waals surface area (Å²) in [5.41, 5.74) is 8.84. The second-order valence-electron chi connectivity index (χ2n) is 4.42. The lowest BCUT2D eigenvalue weighted by Gasteiger charge is -2.11. The summed E-state index contributed by atoms with van der Waals surface area (Å²) in [7, 11) is 0. The van der Waals surface area contributed by atoms with E-state index in [0.717, 1.165) is 6.54 Å². The molecule has 13 heavy (non-hydrogen) atoms. The zero-order chi connectivity index (χ0) is 9.47.